The van der Waals surface area contributed by atoms with Gasteiger partial charge in [0.25, 0.3) is 0 Å². The lowest BCUT2D eigenvalue weighted by Gasteiger charge is -2.11. The Labute approximate surface area is 119 Å². The van der Waals surface area contributed by atoms with Crippen LogP contribution < -0.4 is 11.1 Å². The summed E-state index contributed by atoms with van der Waals surface area (Å²) >= 11 is 0. The van der Waals surface area contributed by atoms with Crippen molar-refractivity contribution in [2.24, 2.45) is 11.7 Å². The lowest BCUT2D eigenvalue weighted by atomic mass is 10.1. The Morgan fingerprint density at radius 2 is 2.30 bits per heavy atom. The van der Waals surface area contributed by atoms with Gasteiger partial charge in [-0.2, -0.15) is 0 Å². The van der Waals surface area contributed by atoms with E-state index in [1.807, 2.05) is 24.3 Å². The van der Waals surface area contributed by atoms with Crippen molar-refractivity contribution in [3.63, 3.8) is 0 Å². The molecule has 5 heteroatoms. The number of ether oxygens (including phenoxy) is 2. The van der Waals surface area contributed by atoms with Gasteiger partial charge in [-0.3, -0.25) is 4.79 Å². The number of hydrogen-bond acceptors (Lipinski definition) is 4. The Morgan fingerprint density at radius 3 is 3.05 bits per heavy atom. The zero-order valence-corrected chi connectivity index (χ0v) is 11.6. The molecule has 1 aliphatic rings. The van der Waals surface area contributed by atoms with E-state index in [1.54, 1.807) is 0 Å². The number of hydrogen-bond donors (Lipinski definition) is 2. The Morgan fingerprint density at radius 1 is 1.45 bits per heavy atom. The van der Waals surface area contributed by atoms with Crippen LogP contribution in [0.3, 0.4) is 0 Å². The molecule has 1 aromatic carbocycles. The largest absolute Gasteiger partial charge is 0.381 e. The third-order valence-corrected chi connectivity index (χ3v) is 3.36. The van der Waals surface area contributed by atoms with Gasteiger partial charge in [0.15, 0.2) is 0 Å². The molecule has 3 N–H and O–H groups in total. The van der Waals surface area contributed by atoms with Gasteiger partial charge in [0.1, 0.15) is 0 Å². The van der Waals surface area contributed by atoms with E-state index in [1.165, 1.54) is 0 Å². The summed E-state index contributed by atoms with van der Waals surface area (Å²) < 4.78 is 10.8. The van der Waals surface area contributed by atoms with Crippen molar-refractivity contribution in [2.75, 3.05) is 31.7 Å². The highest BCUT2D eigenvalue weighted by molar-refractivity contribution is 5.91. The van der Waals surface area contributed by atoms with Crippen molar-refractivity contribution in [1.82, 2.24) is 0 Å². The third-order valence-electron chi connectivity index (χ3n) is 3.36. The zero-order valence-electron chi connectivity index (χ0n) is 11.6. The second-order valence-electron chi connectivity index (χ2n) is 4.96. The molecule has 0 radical (unpaired) electrons. The van der Waals surface area contributed by atoms with Gasteiger partial charge in [0.05, 0.1) is 26.2 Å². The summed E-state index contributed by atoms with van der Waals surface area (Å²) in [7, 11) is 0. The van der Waals surface area contributed by atoms with Gasteiger partial charge in [-0.15, -0.1) is 0 Å². The summed E-state index contributed by atoms with van der Waals surface area (Å²) in [5.74, 6) is 0.435. The van der Waals surface area contributed by atoms with Crippen LogP contribution in [0.5, 0.6) is 0 Å². The molecule has 1 fully saturated rings. The van der Waals surface area contributed by atoms with Crippen molar-refractivity contribution in [3.05, 3.63) is 29.8 Å². The Kier molecular flexibility index (Phi) is 5.98. The van der Waals surface area contributed by atoms with E-state index in [0.29, 0.717) is 32.1 Å². The van der Waals surface area contributed by atoms with Crippen LogP contribution in [0.2, 0.25) is 0 Å². The van der Waals surface area contributed by atoms with E-state index in [4.69, 9.17) is 15.2 Å². The maximum Gasteiger partial charge on any atom is 0.226 e. The average molecular weight is 278 g/mol. The second kappa shape index (κ2) is 7.99. The number of nitrogens with one attached hydrogen (secondary N) is 1. The number of para-hydroxylation sites is 1. The van der Waals surface area contributed by atoms with E-state index < -0.39 is 0 Å². The summed E-state index contributed by atoms with van der Waals surface area (Å²) in [6.45, 7) is 3.12. The lowest BCUT2D eigenvalue weighted by molar-refractivity contribution is -0.117. The molecule has 1 aliphatic heterocycles. The van der Waals surface area contributed by atoms with Crippen molar-refractivity contribution >= 4 is 11.6 Å². The summed E-state index contributed by atoms with van der Waals surface area (Å²) in [4.78, 5) is 11.8. The molecule has 1 aromatic rings. The smallest absolute Gasteiger partial charge is 0.226 e. The molecule has 1 saturated heterocycles. The number of benzene rings is 1. The Bertz CT molecular complexity index is 431. The first-order chi connectivity index (χ1) is 9.79. The lowest BCUT2D eigenvalue weighted by Crippen LogP contribution is -2.17. The zero-order chi connectivity index (χ0) is 14.2. The van der Waals surface area contributed by atoms with E-state index in [2.05, 4.69) is 5.32 Å². The van der Waals surface area contributed by atoms with Crippen LogP contribution in [0.25, 0.3) is 0 Å². The van der Waals surface area contributed by atoms with Gasteiger partial charge < -0.3 is 20.5 Å². The fourth-order valence-electron chi connectivity index (χ4n) is 2.16. The number of nitrogens with two attached hydrogens (primary N) is 1. The third kappa shape index (κ3) is 4.59. The van der Waals surface area contributed by atoms with Crippen LogP contribution in [0.15, 0.2) is 24.3 Å². The summed E-state index contributed by atoms with van der Waals surface area (Å²) in [5, 5.41) is 2.87. The van der Waals surface area contributed by atoms with Crippen LogP contribution in [0.1, 0.15) is 18.4 Å². The highest BCUT2D eigenvalue weighted by atomic mass is 16.5. The molecular formula is C15H22N2O3. The predicted octanol–water partition coefficient (Wildman–Crippen LogP) is 1.53. The second-order valence-corrected chi connectivity index (χ2v) is 4.96. The number of amides is 1. The van der Waals surface area contributed by atoms with Crippen molar-refractivity contribution in [2.45, 2.75) is 19.4 Å². The normalized spacial score (nSPS) is 18.1. The molecule has 5 nitrogen and oxygen atoms in total. The standard InChI is InChI=1S/C15H22N2O3/c16-9-13-3-1-2-4-14(13)17-15(18)6-8-20-11-12-5-7-19-10-12/h1-4,12H,5-11,16H2,(H,17,18). The Hall–Kier alpha value is -1.43. The fourth-order valence-corrected chi connectivity index (χ4v) is 2.16. The maximum atomic E-state index is 11.8. The molecular weight excluding hydrogens is 256 g/mol. The molecule has 0 aliphatic carbocycles. The van der Waals surface area contributed by atoms with Crippen LogP contribution in [0, 0.1) is 5.92 Å². The van der Waals surface area contributed by atoms with Crippen LogP contribution in [-0.2, 0) is 20.8 Å². The minimum absolute atomic E-state index is 0.0476. The summed E-state index contributed by atoms with van der Waals surface area (Å²) in [6.07, 6.45) is 1.41. The van der Waals surface area contributed by atoms with Crippen LogP contribution in [0.4, 0.5) is 5.69 Å². The molecule has 1 unspecified atom stereocenters. The number of rotatable bonds is 7. The molecule has 1 amide bonds. The predicted molar refractivity (Wildman–Crippen MR) is 77.3 cm³/mol. The number of anilines is 1. The van der Waals surface area contributed by atoms with Crippen LogP contribution >= 0.6 is 0 Å². The first-order valence-corrected chi connectivity index (χ1v) is 7.03. The van der Waals surface area contributed by atoms with Gasteiger partial charge in [-0.1, -0.05) is 18.2 Å². The number of carbonyl (C=O) groups excluding carboxylic acids is 1. The molecule has 1 atom stereocenters. The van der Waals surface area contributed by atoms with Gasteiger partial charge in [0, 0.05) is 24.8 Å². The summed E-state index contributed by atoms with van der Waals surface area (Å²) in [6, 6.07) is 7.55. The van der Waals surface area contributed by atoms with Crippen molar-refractivity contribution in [3.8, 4) is 0 Å². The monoisotopic (exact) mass is 278 g/mol. The topological polar surface area (TPSA) is 73.6 Å². The van der Waals surface area contributed by atoms with E-state index >= 15 is 0 Å². The van der Waals surface area contributed by atoms with Crippen molar-refractivity contribution < 1.29 is 14.3 Å². The average Bonchev–Trinajstić information content (AvgIpc) is 2.97. The van der Waals surface area contributed by atoms with E-state index in [-0.39, 0.29) is 5.91 Å². The molecule has 0 aromatic heterocycles. The van der Waals surface area contributed by atoms with Gasteiger partial charge in [0.2, 0.25) is 5.91 Å². The van der Waals surface area contributed by atoms with Gasteiger partial charge in [-0.05, 0) is 18.1 Å². The molecule has 1 heterocycles. The maximum absolute atomic E-state index is 11.8. The molecule has 0 bridgehead atoms. The summed E-state index contributed by atoms with van der Waals surface area (Å²) in [5.41, 5.74) is 7.35. The first-order valence-electron chi connectivity index (χ1n) is 7.03. The Balaban J connectivity index is 1.67. The quantitative estimate of drug-likeness (QED) is 0.742. The number of carbonyl (C=O) groups is 1. The molecule has 110 valence electrons. The molecule has 0 saturated carbocycles. The first kappa shape index (κ1) is 15.0. The van der Waals surface area contributed by atoms with Crippen molar-refractivity contribution in [1.29, 1.82) is 0 Å². The SMILES string of the molecule is NCc1ccccc1NC(=O)CCOCC1CCOC1. The van der Waals surface area contributed by atoms with E-state index in [0.717, 1.165) is 30.9 Å². The van der Waals surface area contributed by atoms with Gasteiger partial charge in [-0.25, -0.2) is 0 Å². The minimum atomic E-state index is -0.0476. The van der Waals surface area contributed by atoms with E-state index in [9.17, 15) is 4.79 Å². The van der Waals surface area contributed by atoms with Crippen LogP contribution in [-0.4, -0.2) is 32.3 Å². The highest BCUT2D eigenvalue weighted by Crippen LogP contribution is 2.15. The molecule has 0 spiro atoms. The molecule has 20 heavy (non-hydrogen) atoms. The molecule has 2 rings (SSSR count). The minimum Gasteiger partial charge on any atom is -0.381 e. The highest BCUT2D eigenvalue weighted by Gasteiger charge is 2.15. The fraction of sp³-hybridized carbons (Fsp3) is 0.533. The van der Waals surface area contributed by atoms with Gasteiger partial charge >= 0.3 is 0 Å².